The first-order valence-corrected chi connectivity index (χ1v) is 52.2. The van der Waals surface area contributed by atoms with E-state index in [9.17, 15) is 0 Å². The average Bonchev–Trinajstić information content (AvgIpc) is 1.46. The third-order valence-corrected chi connectivity index (χ3v) is 32.9. The molecule has 132 heavy (non-hydrogen) atoms. The lowest BCUT2D eigenvalue weighted by Crippen LogP contribution is -2.19. The number of para-hydroxylation sites is 2. The highest BCUT2D eigenvalue weighted by Crippen LogP contribution is 2.51. The first-order valence-electron chi connectivity index (χ1n) is 52.2. The minimum Gasteiger partial charge on any atom is -0.494 e. The van der Waals surface area contributed by atoms with Crippen molar-refractivity contribution in [2.45, 2.75) is 192 Å². The van der Waals surface area contributed by atoms with Crippen LogP contribution in [0.15, 0.2) is 346 Å². The largest absolute Gasteiger partial charge is 0.494 e. The van der Waals surface area contributed by atoms with Crippen LogP contribution in [-0.4, -0.2) is 39.1 Å². The molecular weight excluding hydrogens is 1610 g/mol. The molecule has 8 saturated carbocycles. The van der Waals surface area contributed by atoms with Gasteiger partial charge in [0.25, 0.3) is 0 Å². The lowest BCUT2D eigenvalue weighted by molar-refractivity contribution is 0.0386. The molecule has 1 heterocycles. The molecule has 0 spiro atoms. The summed E-state index contributed by atoms with van der Waals surface area (Å²) < 4.78 is 34.9. The zero-order valence-corrected chi connectivity index (χ0v) is 78.9. The molecule has 0 amide bonds. The highest BCUT2D eigenvalue weighted by atomic mass is 16.5. The SMILES string of the molecule is C1=CC2CC1CC2CCCCc1ccccc1.C1=CC2CC1CC2CCCc1ccccc1.C1=CC2CC1CC2CCOc1ccccc1.C1=CC2CC1CC2CCc1ccccc1.C1=CC2CC1CC2COCc1ccccc1.C1=CC2CC1CC2COc1ccccc1.C1=CC2CC1CC2OCCc1ccccc1.C=C1C=Cc2ccc(OCCC3CC4C=CC3C4)cc2O1. The zero-order chi connectivity index (χ0) is 89.1. The van der Waals surface area contributed by atoms with Gasteiger partial charge in [0.1, 0.15) is 28.8 Å². The molecule has 8 aromatic carbocycles. The predicted octanol–water partition coefficient (Wildman–Crippen LogP) is 30.8. The zero-order valence-electron chi connectivity index (χ0n) is 78.9. The van der Waals surface area contributed by atoms with Gasteiger partial charge in [0, 0.05) is 17.5 Å². The Morgan fingerprint density at radius 3 is 1.02 bits per heavy atom. The van der Waals surface area contributed by atoms with Crippen molar-refractivity contribution >= 4 is 6.08 Å². The first kappa shape index (κ1) is 92.7. The summed E-state index contributed by atoms with van der Waals surface area (Å²) in [6, 6.07) is 80.0. The summed E-state index contributed by atoms with van der Waals surface area (Å²) in [5, 5.41) is 0. The highest BCUT2D eigenvalue weighted by molar-refractivity contribution is 5.64. The standard InChI is InChI=1S/C19H20O2.C17H22.C16H20.3C15H18O.C15H18.C14H16O/c1-13-2-4-15-6-7-18(12-19(15)21-13)20-9-8-17-11-14-3-5-16(17)10-14;1-2-6-14(7-3-1)8-4-5-9-16-12-15-10-11-17(16)13-15;1-2-5-13(6-3-1)7-4-8-15-11-14-9-10-16(15)12-14;1-2-4-12(5-3-1)10-16-11-15-9-13-6-7-14(15)8-13;1-2-4-15(5-3-1)16-9-8-14-11-12-6-7-13(14)10-12;1-2-4-12(5-3-1)8-9-16-15-11-13-6-7-14(15)10-13;1-2-4-12(5-3-1)6-8-14-10-13-7-9-15(14)11-13;1-2-4-14(5-3-1)15-10-13-9-11-6-7-12(13)8-11/h2-7,12,14,16-17H,1,8-11H2;1-3,6-7,10-11,15-17H,4-5,8-9,12-13H2;1-3,5-6,9-10,14-16H,4,7-8,11-12H2;1-7,13-15H,8-11H2;1-7,12-14H,8-11H2;1-7,13-15H,8-11H2;1-5,7,9,13-15H,6,8,10-11H2;1-7,11-13H,8-10H2. The van der Waals surface area contributed by atoms with Crippen molar-refractivity contribution in [3.63, 3.8) is 0 Å². The van der Waals surface area contributed by atoms with Crippen LogP contribution < -0.4 is 18.9 Å². The van der Waals surface area contributed by atoms with Crippen molar-refractivity contribution in [3.05, 3.63) is 380 Å². The van der Waals surface area contributed by atoms with Crippen LogP contribution in [0.4, 0.5) is 0 Å². The molecule has 25 rings (SSSR count). The Kier molecular flexibility index (Phi) is 33.7. The van der Waals surface area contributed by atoms with Crippen molar-refractivity contribution in [2.75, 3.05) is 33.0 Å². The maximum atomic E-state index is 5.99. The summed E-state index contributed by atoms with van der Waals surface area (Å²) in [7, 11) is 0. The molecule has 16 aliphatic carbocycles. The second-order valence-corrected chi connectivity index (χ2v) is 42.2. The molecule has 0 N–H and O–H groups in total. The first-order chi connectivity index (χ1) is 65.2. The fraction of sp³-hybridized carbons (Fsp3) is 0.460. The Labute approximate surface area is 793 Å². The van der Waals surface area contributed by atoms with Gasteiger partial charge in [0.05, 0.1) is 45.7 Å². The van der Waals surface area contributed by atoms with E-state index in [4.69, 9.17) is 28.4 Å². The molecule has 16 bridgehead atoms. The number of ether oxygens (including phenoxy) is 6. The number of fused-ring (bicyclic) bond motifs is 17. The van der Waals surface area contributed by atoms with Gasteiger partial charge in [-0.25, -0.2) is 0 Å². The van der Waals surface area contributed by atoms with E-state index >= 15 is 0 Å². The quantitative estimate of drug-likeness (QED) is 0.0319. The third-order valence-electron chi connectivity index (χ3n) is 32.9. The van der Waals surface area contributed by atoms with Gasteiger partial charge in [-0.2, -0.15) is 0 Å². The van der Waals surface area contributed by atoms with Gasteiger partial charge in [-0.15, -0.1) is 0 Å². The molecule has 17 aliphatic rings. The van der Waals surface area contributed by atoms with Crippen LogP contribution in [0.3, 0.4) is 0 Å². The second kappa shape index (κ2) is 48.0. The summed E-state index contributed by atoms with van der Waals surface area (Å²) in [5.74, 6) is 24.4. The van der Waals surface area contributed by atoms with Crippen LogP contribution in [0.1, 0.15) is 187 Å². The second-order valence-electron chi connectivity index (χ2n) is 42.2. The van der Waals surface area contributed by atoms with E-state index < -0.39 is 0 Å². The molecule has 1 aliphatic heterocycles. The van der Waals surface area contributed by atoms with Crippen molar-refractivity contribution < 1.29 is 28.4 Å². The normalized spacial score (nSPS) is 30.8. The van der Waals surface area contributed by atoms with E-state index in [1.54, 1.807) is 0 Å². The van der Waals surface area contributed by atoms with Gasteiger partial charge in [-0.3, -0.25) is 0 Å². The summed E-state index contributed by atoms with van der Waals surface area (Å²) in [6.07, 6.45) is 80.9. The van der Waals surface area contributed by atoms with Crippen molar-refractivity contribution in [2.24, 2.45) is 136 Å². The van der Waals surface area contributed by atoms with Crippen LogP contribution in [0.5, 0.6) is 23.0 Å². The summed E-state index contributed by atoms with van der Waals surface area (Å²) in [4.78, 5) is 0. The molecule has 24 atom stereocenters. The fourth-order valence-corrected chi connectivity index (χ4v) is 25.8. The lowest BCUT2D eigenvalue weighted by Gasteiger charge is -2.19. The molecule has 0 aromatic heterocycles. The van der Waals surface area contributed by atoms with Gasteiger partial charge >= 0.3 is 0 Å². The number of aryl methyl sites for hydroxylation is 3. The monoisotopic (exact) mass is 1760 g/mol. The summed E-state index contributed by atoms with van der Waals surface area (Å²) >= 11 is 0. The summed E-state index contributed by atoms with van der Waals surface area (Å²) in [5.41, 5.74) is 8.24. The number of hydrogen-bond acceptors (Lipinski definition) is 6. The number of rotatable bonds is 31. The number of hydrogen-bond donors (Lipinski definition) is 0. The number of benzene rings is 8. The van der Waals surface area contributed by atoms with E-state index in [0.29, 0.717) is 17.8 Å². The molecule has 6 nitrogen and oxygen atoms in total. The van der Waals surface area contributed by atoms with Crippen LogP contribution in [0, 0.1) is 136 Å². The minimum absolute atomic E-state index is 0.499. The smallest absolute Gasteiger partial charge is 0.138 e. The maximum Gasteiger partial charge on any atom is 0.138 e. The van der Waals surface area contributed by atoms with Crippen LogP contribution in [-0.2, 0) is 41.8 Å². The molecule has 24 unspecified atom stereocenters. The van der Waals surface area contributed by atoms with Gasteiger partial charge in [-0.05, 0) is 380 Å². The van der Waals surface area contributed by atoms with E-state index in [1.165, 1.54) is 195 Å². The Balaban J connectivity index is 0.000000101. The third kappa shape index (κ3) is 27.1. The predicted molar refractivity (Wildman–Crippen MR) is 545 cm³/mol. The minimum atomic E-state index is 0.499. The molecule has 6 heteroatoms. The van der Waals surface area contributed by atoms with E-state index in [0.717, 1.165) is 211 Å². The fourth-order valence-electron chi connectivity index (χ4n) is 25.8. The van der Waals surface area contributed by atoms with Gasteiger partial charge in [-0.1, -0.05) is 298 Å². The molecule has 8 aromatic rings. The Bertz CT molecular complexity index is 4710. The highest BCUT2D eigenvalue weighted by Gasteiger charge is 2.42. The molecule has 0 radical (unpaired) electrons. The van der Waals surface area contributed by atoms with E-state index in [1.807, 2.05) is 97.1 Å². The number of unbranched alkanes of at least 4 members (excludes halogenated alkanes) is 1. The maximum absolute atomic E-state index is 5.99. The Morgan fingerprint density at radius 2 is 0.606 bits per heavy atom. The average molecular weight is 1760 g/mol. The molecular formula is C126H150O6. The molecule has 0 saturated heterocycles. The van der Waals surface area contributed by atoms with Crippen LogP contribution in [0.25, 0.3) is 6.08 Å². The number of allylic oxidation sites excluding steroid dienone is 16. The van der Waals surface area contributed by atoms with E-state index in [-0.39, 0.29) is 0 Å². The van der Waals surface area contributed by atoms with Crippen molar-refractivity contribution in [1.29, 1.82) is 0 Å². The van der Waals surface area contributed by atoms with E-state index in [2.05, 4.69) is 249 Å². The Hall–Kier alpha value is -9.72. The van der Waals surface area contributed by atoms with Crippen LogP contribution in [0.2, 0.25) is 0 Å². The summed E-state index contributed by atoms with van der Waals surface area (Å²) in [6.45, 7) is 8.92. The van der Waals surface area contributed by atoms with Gasteiger partial charge in [0.15, 0.2) is 0 Å². The van der Waals surface area contributed by atoms with Crippen molar-refractivity contribution in [3.8, 4) is 23.0 Å². The van der Waals surface area contributed by atoms with Crippen LogP contribution >= 0.6 is 0 Å². The molecule has 8 fully saturated rings. The van der Waals surface area contributed by atoms with Crippen molar-refractivity contribution in [1.82, 2.24) is 0 Å². The lowest BCUT2D eigenvalue weighted by atomic mass is 9.88. The Morgan fingerprint density at radius 1 is 0.258 bits per heavy atom. The topological polar surface area (TPSA) is 55.4 Å². The van der Waals surface area contributed by atoms with Gasteiger partial charge in [0.2, 0.25) is 0 Å². The molecule has 690 valence electrons. The van der Waals surface area contributed by atoms with Gasteiger partial charge < -0.3 is 28.4 Å².